The average Bonchev–Trinajstić information content (AvgIpc) is 2.91. The van der Waals surface area contributed by atoms with Gasteiger partial charge in [0.1, 0.15) is 0 Å². The predicted octanol–water partition coefficient (Wildman–Crippen LogP) is 4.57. The molecule has 3 rings (SSSR count). The summed E-state index contributed by atoms with van der Waals surface area (Å²) in [4.78, 5) is 12.9. The van der Waals surface area contributed by atoms with Crippen molar-refractivity contribution in [3.05, 3.63) is 89.5 Å². The number of hydrogen-bond donors (Lipinski definition) is 1. The lowest BCUT2D eigenvalue weighted by molar-refractivity contribution is -0.121. The standard InChI is InChI=1S/C29H35N3O5S/c1-4-19-37-27-16-13-25(20-28(27)36-5-2)21-30-31-29(33)22-32(18-17-24-9-7-6-8-10-24)38(34,35)26-14-11-23(3)12-15-26/h6-16,20-21H,4-5,17-19,22H2,1-3H3,(H,31,33)/b30-21-. The number of benzene rings is 3. The fourth-order valence-electron chi connectivity index (χ4n) is 3.62. The van der Waals surface area contributed by atoms with Gasteiger partial charge in [0.15, 0.2) is 11.5 Å². The van der Waals surface area contributed by atoms with Gasteiger partial charge < -0.3 is 9.47 Å². The number of amides is 1. The molecule has 8 nitrogen and oxygen atoms in total. The zero-order chi connectivity index (χ0) is 27.4. The molecule has 3 aromatic rings. The first-order chi connectivity index (χ1) is 18.3. The van der Waals surface area contributed by atoms with Crippen LogP contribution in [-0.2, 0) is 21.2 Å². The third-order valence-electron chi connectivity index (χ3n) is 5.60. The van der Waals surface area contributed by atoms with Crippen molar-refractivity contribution in [1.82, 2.24) is 9.73 Å². The van der Waals surface area contributed by atoms with Crippen molar-refractivity contribution in [2.75, 3.05) is 26.3 Å². The first-order valence-corrected chi connectivity index (χ1v) is 14.1. The molecule has 0 heterocycles. The molecule has 0 saturated carbocycles. The van der Waals surface area contributed by atoms with Crippen molar-refractivity contribution in [2.45, 2.75) is 38.5 Å². The van der Waals surface area contributed by atoms with Crippen molar-refractivity contribution in [3.63, 3.8) is 0 Å². The van der Waals surface area contributed by atoms with E-state index in [-0.39, 0.29) is 18.0 Å². The van der Waals surface area contributed by atoms with E-state index in [4.69, 9.17) is 9.47 Å². The van der Waals surface area contributed by atoms with Crippen molar-refractivity contribution in [1.29, 1.82) is 0 Å². The van der Waals surface area contributed by atoms with Crippen molar-refractivity contribution in [2.24, 2.45) is 5.10 Å². The molecule has 9 heteroatoms. The Morgan fingerprint density at radius 3 is 2.39 bits per heavy atom. The summed E-state index contributed by atoms with van der Waals surface area (Å²) in [6.45, 7) is 6.64. The van der Waals surface area contributed by atoms with Gasteiger partial charge in [-0.15, -0.1) is 0 Å². The van der Waals surface area contributed by atoms with Gasteiger partial charge in [-0.2, -0.15) is 9.41 Å². The van der Waals surface area contributed by atoms with Crippen LogP contribution in [0.1, 0.15) is 37.0 Å². The van der Waals surface area contributed by atoms with E-state index >= 15 is 0 Å². The van der Waals surface area contributed by atoms with E-state index < -0.39 is 15.9 Å². The zero-order valence-electron chi connectivity index (χ0n) is 22.1. The largest absolute Gasteiger partial charge is 0.490 e. The van der Waals surface area contributed by atoms with Crippen LogP contribution in [0.5, 0.6) is 11.5 Å². The van der Waals surface area contributed by atoms with Gasteiger partial charge in [-0.1, -0.05) is 55.0 Å². The molecule has 202 valence electrons. The lowest BCUT2D eigenvalue weighted by atomic mass is 10.1. The minimum atomic E-state index is -3.89. The van der Waals surface area contributed by atoms with Crippen LogP contribution in [-0.4, -0.2) is 51.1 Å². The number of sulfonamides is 1. The molecule has 3 aromatic carbocycles. The number of aryl methyl sites for hydroxylation is 1. The molecular formula is C29H35N3O5S. The average molecular weight is 538 g/mol. The maximum atomic E-state index is 13.4. The van der Waals surface area contributed by atoms with Crippen molar-refractivity contribution >= 4 is 22.1 Å². The number of ether oxygens (including phenoxy) is 2. The molecule has 0 aliphatic heterocycles. The molecule has 0 unspecified atom stereocenters. The fraction of sp³-hybridized carbons (Fsp3) is 0.310. The first-order valence-electron chi connectivity index (χ1n) is 12.7. The van der Waals surface area contributed by atoms with Crippen molar-refractivity contribution < 1.29 is 22.7 Å². The van der Waals surface area contributed by atoms with E-state index in [2.05, 4.69) is 10.5 Å². The Hall–Kier alpha value is -3.69. The van der Waals surface area contributed by atoms with Gasteiger partial charge in [-0.25, -0.2) is 13.8 Å². The summed E-state index contributed by atoms with van der Waals surface area (Å²) >= 11 is 0. The topological polar surface area (TPSA) is 97.3 Å². The molecule has 0 spiro atoms. The number of carbonyl (C=O) groups excluding carboxylic acids is 1. The van der Waals surface area contributed by atoms with Gasteiger partial charge in [0.25, 0.3) is 5.91 Å². The summed E-state index contributed by atoms with van der Waals surface area (Å²) < 4.78 is 39.3. The maximum absolute atomic E-state index is 13.4. The van der Waals surface area contributed by atoms with Gasteiger partial charge in [-0.05, 0) is 68.1 Å². The highest BCUT2D eigenvalue weighted by Gasteiger charge is 2.26. The highest BCUT2D eigenvalue weighted by Crippen LogP contribution is 2.28. The monoisotopic (exact) mass is 537 g/mol. The third-order valence-corrected chi connectivity index (χ3v) is 7.46. The predicted molar refractivity (Wildman–Crippen MR) is 149 cm³/mol. The van der Waals surface area contributed by atoms with Crippen LogP contribution in [0.4, 0.5) is 0 Å². The van der Waals surface area contributed by atoms with Crippen LogP contribution in [0.15, 0.2) is 82.8 Å². The molecule has 0 bridgehead atoms. The summed E-state index contributed by atoms with van der Waals surface area (Å²) in [6.07, 6.45) is 2.82. The molecule has 0 aliphatic carbocycles. The highest BCUT2D eigenvalue weighted by atomic mass is 32.2. The molecule has 0 saturated heterocycles. The summed E-state index contributed by atoms with van der Waals surface area (Å²) in [7, 11) is -3.89. The molecular weight excluding hydrogens is 502 g/mol. The van der Waals surface area contributed by atoms with Gasteiger partial charge in [0.05, 0.1) is 30.9 Å². The van der Waals surface area contributed by atoms with Crippen LogP contribution in [0, 0.1) is 6.92 Å². The molecule has 0 aromatic heterocycles. The van der Waals surface area contributed by atoms with Crippen LogP contribution >= 0.6 is 0 Å². The minimum absolute atomic E-state index is 0.140. The molecule has 1 amide bonds. The Morgan fingerprint density at radius 2 is 1.71 bits per heavy atom. The van der Waals surface area contributed by atoms with Crippen LogP contribution < -0.4 is 14.9 Å². The molecule has 1 N–H and O–H groups in total. The number of hydrogen-bond acceptors (Lipinski definition) is 6. The third kappa shape index (κ3) is 8.43. The number of rotatable bonds is 14. The normalized spacial score (nSPS) is 11.6. The second-order valence-corrected chi connectivity index (χ2v) is 10.6. The second kappa shape index (κ2) is 14.3. The zero-order valence-corrected chi connectivity index (χ0v) is 22.9. The van der Waals surface area contributed by atoms with Gasteiger partial charge in [0.2, 0.25) is 10.0 Å². The SMILES string of the molecule is CCCOc1ccc(/C=N\NC(=O)CN(CCc2ccccc2)S(=O)(=O)c2ccc(C)cc2)cc1OCC. The number of nitrogens with zero attached hydrogens (tertiary/aromatic N) is 2. The first kappa shape index (κ1) is 28.9. The van der Waals surface area contributed by atoms with Gasteiger partial charge in [-0.3, -0.25) is 4.79 Å². The van der Waals surface area contributed by atoms with E-state index in [0.29, 0.717) is 36.7 Å². The quantitative estimate of drug-likeness (QED) is 0.240. The number of carbonyl (C=O) groups is 1. The molecule has 38 heavy (non-hydrogen) atoms. The van der Waals surface area contributed by atoms with E-state index in [9.17, 15) is 13.2 Å². The summed E-state index contributed by atoms with van der Waals surface area (Å²) in [6, 6.07) is 21.5. The van der Waals surface area contributed by atoms with Gasteiger partial charge >= 0.3 is 0 Å². The van der Waals surface area contributed by atoms with Crippen LogP contribution in [0.2, 0.25) is 0 Å². The number of nitrogens with one attached hydrogen (secondary N) is 1. The Bertz CT molecular complexity index is 1310. The van der Waals surface area contributed by atoms with Gasteiger partial charge in [0, 0.05) is 6.54 Å². The van der Waals surface area contributed by atoms with E-state index in [0.717, 1.165) is 17.5 Å². The second-order valence-electron chi connectivity index (χ2n) is 8.67. The van der Waals surface area contributed by atoms with Crippen LogP contribution in [0.3, 0.4) is 0 Å². The molecule has 0 aliphatic rings. The Labute approximate surface area is 225 Å². The Balaban J connectivity index is 1.71. The van der Waals surface area contributed by atoms with Crippen LogP contribution in [0.25, 0.3) is 0 Å². The fourth-order valence-corrected chi connectivity index (χ4v) is 5.02. The lowest BCUT2D eigenvalue weighted by Crippen LogP contribution is -2.40. The Morgan fingerprint density at radius 1 is 0.974 bits per heavy atom. The van der Waals surface area contributed by atoms with E-state index in [1.54, 1.807) is 42.5 Å². The molecule has 0 radical (unpaired) electrons. The number of hydrazone groups is 1. The van der Waals surface area contributed by atoms with E-state index in [1.807, 2.05) is 51.1 Å². The van der Waals surface area contributed by atoms with E-state index in [1.165, 1.54) is 10.5 Å². The highest BCUT2D eigenvalue weighted by molar-refractivity contribution is 7.89. The Kier molecular flexibility index (Phi) is 10.9. The minimum Gasteiger partial charge on any atom is -0.490 e. The molecule has 0 fully saturated rings. The molecule has 0 atom stereocenters. The summed E-state index contributed by atoms with van der Waals surface area (Å²) in [5, 5.41) is 4.03. The maximum Gasteiger partial charge on any atom is 0.255 e. The summed E-state index contributed by atoms with van der Waals surface area (Å²) in [5.74, 6) is 0.690. The smallest absolute Gasteiger partial charge is 0.255 e. The lowest BCUT2D eigenvalue weighted by Gasteiger charge is -2.21. The van der Waals surface area contributed by atoms with Crippen molar-refractivity contribution in [3.8, 4) is 11.5 Å². The summed E-state index contributed by atoms with van der Waals surface area (Å²) in [5.41, 5.74) is 5.07.